The van der Waals surface area contributed by atoms with Crippen LogP contribution in [0.5, 0.6) is 0 Å². The van der Waals surface area contributed by atoms with Gasteiger partial charge < -0.3 is 10.2 Å². The molecule has 7 heteroatoms. The van der Waals surface area contributed by atoms with Crippen LogP contribution in [-0.2, 0) is 14.8 Å². The number of hydrogen-bond acceptors (Lipinski definition) is 4. The van der Waals surface area contributed by atoms with Gasteiger partial charge in [0.2, 0.25) is 15.9 Å². The summed E-state index contributed by atoms with van der Waals surface area (Å²) in [5, 5.41) is 3.37. The Bertz CT molecular complexity index is 693. The van der Waals surface area contributed by atoms with Crippen molar-refractivity contribution in [1.82, 2.24) is 14.5 Å². The van der Waals surface area contributed by atoms with Crippen molar-refractivity contribution in [3.63, 3.8) is 0 Å². The van der Waals surface area contributed by atoms with E-state index in [0.717, 1.165) is 19.4 Å². The van der Waals surface area contributed by atoms with Crippen LogP contribution in [0.25, 0.3) is 0 Å². The van der Waals surface area contributed by atoms with Gasteiger partial charge in [0.25, 0.3) is 0 Å². The van der Waals surface area contributed by atoms with Crippen LogP contribution in [0, 0.1) is 5.92 Å². The average molecular weight is 365 g/mol. The fourth-order valence-corrected chi connectivity index (χ4v) is 5.20. The summed E-state index contributed by atoms with van der Waals surface area (Å²) in [6, 6.07) is 8.89. The van der Waals surface area contributed by atoms with Crippen LogP contribution >= 0.6 is 0 Å². The summed E-state index contributed by atoms with van der Waals surface area (Å²) in [5.41, 5.74) is 0. The van der Waals surface area contributed by atoms with Crippen molar-refractivity contribution in [2.24, 2.45) is 5.92 Å². The maximum atomic E-state index is 12.8. The minimum atomic E-state index is -3.48. The number of nitrogens with zero attached hydrogens (tertiary/aromatic N) is 2. The number of nitrogens with one attached hydrogen (secondary N) is 1. The SMILES string of the molecule is C[C@H]1C[C@@H](C(=O)N2CCCN(S(=O)(=O)c3ccccc3)CC2)CCN1. The summed E-state index contributed by atoms with van der Waals surface area (Å²) in [4.78, 5) is 15.0. The predicted octanol–water partition coefficient (Wildman–Crippen LogP) is 1.30. The Hall–Kier alpha value is -1.44. The molecule has 1 aromatic carbocycles. The number of amides is 1. The minimum Gasteiger partial charge on any atom is -0.341 e. The monoisotopic (exact) mass is 365 g/mol. The van der Waals surface area contributed by atoms with Crippen molar-refractivity contribution in [2.45, 2.75) is 37.1 Å². The highest BCUT2D eigenvalue weighted by Gasteiger charge is 2.32. The Kier molecular flexibility index (Phi) is 5.76. The predicted molar refractivity (Wildman–Crippen MR) is 96.6 cm³/mol. The fraction of sp³-hybridized carbons (Fsp3) is 0.611. The molecule has 1 N–H and O–H groups in total. The van der Waals surface area contributed by atoms with Crippen molar-refractivity contribution in [1.29, 1.82) is 0 Å². The van der Waals surface area contributed by atoms with E-state index in [1.807, 2.05) is 11.0 Å². The van der Waals surface area contributed by atoms with E-state index in [4.69, 9.17) is 0 Å². The van der Waals surface area contributed by atoms with Crippen LogP contribution < -0.4 is 5.32 Å². The molecule has 0 saturated carbocycles. The quantitative estimate of drug-likeness (QED) is 0.877. The van der Waals surface area contributed by atoms with Gasteiger partial charge in [-0.2, -0.15) is 4.31 Å². The van der Waals surface area contributed by atoms with Gasteiger partial charge in [-0.1, -0.05) is 18.2 Å². The number of benzene rings is 1. The number of carbonyl (C=O) groups excluding carboxylic acids is 1. The van der Waals surface area contributed by atoms with E-state index >= 15 is 0 Å². The molecule has 0 unspecified atom stereocenters. The van der Waals surface area contributed by atoms with Gasteiger partial charge in [-0.3, -0.25) is 4.79 Å². The summed E-state index contributed by atoms with van der Waals surface area (Å²) < 4.78 is 27.1. The third-order valence-electron chi connectivity index (χ3n) is 5.12. The molecule has 2 fully saturated rings. The Balaban J connectivity index is 1.65. The van der Waals surface area contributed by atoms with Crippen molar-refractivity contribution >= 4 is 15.9 Å². The molecule has 3 rings (SSSR count). The van der Waals surface area contributed by atoms with E-state index < -0.39 is 10.0 Å². The van der Waals surface area contributed by atoms with Crippen molar-refractivity contribution in [2.75, 3.05) is 32.7 Å². The number of carbonyl (C=O) groups is 1. The van der Waals surface area contributed by atoms with Crippen molar-refractivity contribution in [3.05, 3.63) is 30.3 Å². The molecule has 0 spiro atoms. The molecule has 2 aliphatic rings. The molecule has 0 aliphatic carbocycles. The first kappa shape index (κ1) is 18.4. The molecule has 138 valence electrons. The minimum absolute atomic E-state index is 0.0635. The molecule has 1 aromatic rings. The maximum absolute atomic E-state index is 12.8. The van der Waals surface area contributed by atoms with E-state index in [1.165, 1.54) is 4.31 Å². The van der Waals surface area contributed by atoms with E-state index in [0.29, 0.717) is 43.5 Å². The van der Waals surface area contributed by atoms with Gasteiger partial charge in [0, 0.05) is 38.1 Å². The second-order valence-corrected chi connectivity index (χ2v) is 8.91. The van der Waals surface area contributed by atoms with Gasteiger partial charge in [-0.05, 0) is 44.9 Å². The first-order valence-corrected chi connectivity index (χ1v) is 10.5. The number of sulfonamides is 1. The highest BCUT2D eigenvalue weighted by Crippen LogP contribution is 2.21. The molecule has 0 bridgehead atoms. The third kappa shape index (κ3) is 4.22. The third-order valence-corrected chi connectivity index (χ3v) is 7.03. The molecule has 2 saturated heterocycles. The second kappa shape index (κ2) is 7.85. The molecule has 0 aromatic heterocycles. The van der Waals surface area contributed by atoms with Crippen LogP contribution in [0.1, 0.15) is 26.2 Å². The summed E-state index contributed by atoms with van der Waals surface area (Å²) in [7, 11) is -3.48. The molecular formula is C18H27N3O3S. The normalized spacial score (nSPS) is 26.2. The molecule has 2 aliphatic heterocycles. The Morgan fingerprint density at radius 1 is 1.12 bits per heavy atom. The molecule has 25 heavy (non-hydrogen) atoms. The molecule has 6 nitrogen and oxygen atoms in total. The first-order chi connectivity index (χ1) is 12.0. The Labute approximate surface area is 150 Å². The lowest BCUT2D eigenvalue weighted by Crippen LogP contribution is -2.45. The molecule has 2 heterocycles. The van der Waals surface area contributed by atoms with Gasteiger partial charge in [-0.15, -0.1) is 0 Å². The van der Waals surface area contributed by atoms with Crippen molar-refractivity contribution in [3.8, 4) is 0 Å². The van der Waals surface area contributed by atoms with Gasteiger partial charge >= 0.3 is 0 Å². The summed E-state index contributed by atoms with van der Waals surface area (Å²) in [6.45, 7) is 4.92. The van der Waals surface area contributed by atoms with Gasteiger partial charge in [0.05, 0.1) is 4.90 Å². The highest BCUT2D eigenvalue weighted by molar-refractivity contribution is 7.89. The Morgan fingerprint density at radius 3 is 2.60 bits per heavy atom. The van der Waals surface area contributed by atoms with E-state index in [9.17, 15) is 13.2 Å². The lowest BCUT2D eigenvalue weighted by Gasteiger charge is -2.31. The maximum Gasteiger partial charge on any atom is 0.243 e. The van der Waals surface area contributed by atoms with Crippen LogP contribution in [-0.4, -0.2) is 62.3 Å². The number of hydrogen-bond donors (Lipinski definition) is 1. The topological polar surface area (TPSA) is 69.7 Å². The Morgan fingerprint density at radius 2 is 1.88 bits per heavy atom. The number of rotatable bonds is 3. The van der Waals surface area contributed by atoms with Crippen molar-refractivity contribution < 1.29 is 13.2 Å². The first-order valence-electron chi connectivity index (χ1n) is 9.06. The lowest BCUT2D eigenvalue weighted by molar-refractivity contribution is -0.136. The fourth-order valence-electron chi connectivity index (χ4n) is 3.71. The zero-order valence-corrected chi connectivity index (χ0v) is 15.5. The van der Waals surface area contributed by atoms with Crippen LogP contribution in [0.3, 0.4) is 0 Å². The van der Waals surface area contributed by atoms with Gasteiger partial charge in [0.15, 0.2) is 0 Å². The van der Waals surface area contributed by atoms with Crippen LogP contribution in [0.15, 0.2) is 35.2 Å². The molecule has 0 radical (unpaired) electrons. The summed E-state index contributed by atoms with van der Waals surface area (Å²) in [5.74, 6) is 0.251. The standard InChI is InChI=1S/C18H27N3O3S/c1-15-14-16(8-9-19-15)18(22)20-10-5-11-21(13-12-20)25(23,24)17-6-3-2-4-7-17/h2-4,6-7,15-16,19H,5,8-14H2,1H3/t15-,16-/m0/s1. The smallest absolute Gasteiger partial charge is 0.243 e. The summed E-state index contributed by atoms with van der Waals surface area (Å²) in [6.07, 6.45) is 2.41. The van der Waals surface area contributed by atoms with Crippen LogP contribution in [0.4, 0.5) is 0 Å². The highest BCUT2D eigenvalue weighted by atomic mass is 32.2. The van der Waals surface area contributed by atoms with E-state index in [1.54, 1.807) is 24.3 Å². The lowest BCUT2D eigenvalue weighted by atomic mass is 9.92. The molecule has 1 amide bonds. The largest absolute Gasteiger partial charge is 0.341 e. The second-order valence-electron chi connectivity index (χ2n) is 6.97. The number of piperidine rings is 1. The van der Waals surface area contributed by atoms with E-state index in [-0.39, 0.29) is 11.8 Å². The summed E-state index contributed by atoms with van der Waals surface area (Å²) >= 11 is 0. The van der Waals surface area contributed by atoms with Gasteiger partial charge in [0.1, 0.15) is 0 Å². The van der Waals surface area contributed by atoms with Gasteiger partial charge in [-0.25, -0.2) is 8.42 Å². The molecule has 2 atom stereocenters. The average Bonchev–Trinajstić information content (AvgIpc) is 2.88. The zero-order chi connectivity index (χ0) is 17.9. The van der Waals surface area contributed by atoms with Crippen LogP contribution in [0.2, 0.25) is 0 Å². The zero-order valence-electron chi connectivity index (χ0n) is 14.7. The van der Waals surface area contributed by atoms with E-state index in [2.05, 4.69) is 12.2 Å². The molecular weight excluding hydrogens is 338 g/mol.